The molecule has 1 aromatic rings. The Balaban J connectivity index is 1.55. The fourth-order valence-corrected chi connectivity index (χ4v) is 3.85. The van der Waals surface area contributed by atoms with Crippen molar-refractivity contribution in [3.05, 3.63) is 24.3 Å². The molecule has 0 aromatic heterocycles. The third-order valence-corrected chi connectivity index (χ3v) is 4.94. The van der Waals surface area contributed by atoms with Gasteiger partial charge in [-0.3, -0.25) is 0 Å². The number of hydrogen-bond donors (Lipinski definition) is 1. The number of ether oxygens (including phenoxy) is 1. The van der Waals surface area contributed by atoms with Crippen LogP contribution in [0.15, 0.2) is 24.3 Å². The van der Waals surface area contributed by atoms with E-state index in [0.29, 0.717) is 0 Å². The number of anilines is 1. The van der Waals surface area contributed by atoms with Crippen molar-refractivity contribution in [1.82, 2.24) is 5.32 Å². The second-order valence-electron chi connectivity index (χ2n) is 6.36. The van der Waals surface area contributed by atoms with Crippen LogP contribution in [0.5, 0.6) is 5.75 Å². The van der Waals surface area contributed by atoms with Gasteiger partial charge in [0.2, 0.25) is 0 Å². The molecule has 2 unspecified atom stereocenters. The highest BCUT2D eigenvalue weighted by atomic mass is 16.5. The van der Waals surface area contributed by atoms with E-state index in [1.165, 1.54) is 37.8 Å². The predicted octanol–water partition coefficient (Wildman–Crippen LogP) is 3.05. The lowest BCUT2D eigenvalue weighted by molar-refractivity contribution is 0.288. The van der Waals surface area contributed by atoms with E-state index in [-0.39, 0.29) is 0 Å². The van der Waals surface area contributed by atoms with Gasteiger partial charge in [0.05, 0.1) is 12.8 Å². The summed E-state index contributed by atoms with van der Waals surface area (Å²) in [6, 6.07) is 9.90. The van der Waals surface area contributed by atoms with Crippen molar-refractivity contribution < 1.29 is 4.74 Å². The van der Waals surface area contributed by atoms with E-state index < -0.39 is 0 Å². The standard InChI is InChI=1S/C17H26N2O/c1-19(16-5-3-4-6-17(16)20-2)10-9-13-11-14-7-8-15(12-13)18-14/h3-6,13-15,18H,7-12H2,1-2H3. The maximum Gasteiger partial charge on any atom is 0.142 e. The van der Waals surface area contributed by atoms with Gasteiger partial charge in [0.25, 0.3) is 0 Å². The maximum absolute atomic E-state index is 5.45. The van der Waals surface area contributed by atoms with Crippen LogP contribution in [0.25, 0.3) is 0 Å². The van der Waals surface area contributed by atoms with Crippen LogP contribution in [0.4, 0.5) is 5.69 Å². The van der Waals surface area contributed by atoms with Gasteiger partial charge in [0.15, 0.2) is 0 Å². The van der Waals surface area contributed by atoms with E-state index in [1.54, 1.807) is 7.11 Å². The molecule has 2 heterocycles. The molecular formula is C17H26N2O. The summed E-state index contributed by atoms with van der Waals surface area (Å²) in [6.45, 7) is 1.12. The van der Waals surface area contributed by atoms with E-state index in [1.807, 2.05) is 12.1 Å². The first kappa shape index (κ1) is 13.7. The maximum atomic E-state index is 5.45. The monoisotopic (exact) mass is 274 g/mol. The van der Waals surface area contributed by atoms with E-state index in [2.05, 4.69) is 29.4 Å². The smallest absolute Gasteiger partial charge is 0.142 e. The van der Waals surface area contributed by atoms with Crippen molar-refractivity contribution in [2.75, 3.05) is 25.6 Å². The number of piperidine rings is 1. The van der Waals surface area contributed by atoms with E-state index in [4.69, 9.17) is 4.74 Å². The van der Waals surface area contributed by atoms with E-state index >= 15 is 0 Å². The van der Waals surface area contributed by atoms with Crippen molar-refractivity contribution in [3.8, 4) is 5.75 Å². The molecule has 0 spiro atoms. The van der Waals surface area contributed by atoms with E-state index in [9.17, 15) is 0 Å². The van der Waals surface area contributed by atoms with Gasteiger partial charge in [-0.05, 0) is 50.2 Å². The molecular weight excluding hydrogens is 248 g/mol. The summed E-state index contributed by atoms with van der Waals surface area (Å²) in [6.07, 6.45) is 6.82. The Morgan fingerprint density at radius 3 is 2.60 bits per heavy atom. The highest BCUT2D eigenvalue weighted by Gasteiger charge is 2.33. The summed E-state index contributed by atoms with van der Waals surface area (Å²) in [4.78, 5) is 2.34. The summed E-state index contributed by atoms with van der Waals surface area (Å²) in [7, 11) is 3.92. The van der Waals surface area contributed by atoms with Crippen LogP contribution in [-0.4, -0.2) is 32.8 Å². The van der Waals surface area contributed by atoms with Gasteiger partial charge in [-0.15, -0.1) is 0 Å². The summed E-state index contributed by atoms with van der Waals surface area (Å²) in [5.74, 6) is 1.87. The number of hydrogen-bond acceptors (Lipinski definition) is 3. The van der Waals surface area contributed by atoms with Crippen molar-refractivity contribution in [2.24, 2.45) is 5.92 Å². The molecule has 0 saturated carbocycles. The van der Waals surface area contributed by atoms with Crippen LogP contribution in [0.3, 0.4) is 0 Å². The zero-order valence-electron chi connectivity index (χ0n) is 12.6. The van der Waals surface area contributed by atoms with Crippen molar-refractivity contribution >= 4 is 5.69 Å². The Morgan fingerprint density at radius 1 is 1.20 bits per heavy atom. The normalized spacial score (nSPS) is 28.4. The first-order valence-corrected chi connectivity index (χ1v) is 7.86. The van der Waals surface area contributed by atoms with Gasteiger partial charge in [0, 0.05) is 25.7 Å². The summed E-state index contributed by atoms with van der Waals surface area (Å²) in [5.41, 5.74) is 1.20. The molecule has 2 bridgehead atoms. The molecule has 1 N–H and O–H groups in total. The number of nitrogens with zero attached hydrogens (tertiary/aromatic N) is 1. The fourth-order valence-electron chi connectivity index (χ4n) is 3.85. The number of nitrogens with one attached hydrogen (secondary N) is 1. The number of benzene rings is 1. The predicted molar refractivity (Wildman–Crippen MR) is 83.6 cm³/mol. The zero-order valence-corrected chi connectivity index (χ0v) is 12.6. The molecule has 3 rings (SSSR count). The molecule has 20 heavy (non-hydrogen) atoms. The molecule has 1 aromatic carbocycles. The quantitative estimate of drug-likeness (QED) is 0.893. The first-order chi connectivity index (χ1) is 9.76. The van der Waals surface area contributed by atoms with Gasteiger partial charge < -0.3 is 15.0 Å². The van der Waals surface area contributed by atoms with Crippen molar-refractivity contribution in [1.29, 1.82) is 0 Å². The number of fused-ring (bicyclic) bond motifs is 2. The second-order valence-corrected chi connectivity index (χ2v) is 6.36. The average molecular weight is 274 g/mol. The lowest BCUT2D eigenvalue weighted by Crippen LogP contribution is -2.38. The zero-order chi connectivity index (χ0) is 13.9. The molecule has 2 fully saturated rings. The molecule has 2 aliphatic rings. The largest absolute Gasteiger partial charge is 0.495 e. The van der Waals surface area contributed by atoms with Gasteiger partial charge in [-0.1, -0.05) is 12.1 Å². The Hall–Kier alpha value is -1.22. The van der Waals surface area contributed by atoms with Crippen LogP contribution >= 0.6 is 0 Å². The minimum atomic E-state index is 0.801. The van der Waals surface area contributed by atoms with Crippen LogP contribution in [0.2, 0.25) is 0 Å². The molecule has 110 valence electrons. The van der Waals surface area contributed by atoms with Crippen molar-refractivity contribution in [2.45, 2.75) is 44.2 Å². The minimum Gasteiger partial charge on any atom is -0.495 e. The number of para-hydroxylation sites is 2. The van der Waals surface area contributed by atoms with Crippen LogP contribution in [0, 0.1) is 5.92 Å². The average Bonchev–Trinajstić information content (AvgIpc) is 2.83. The van der Waals surface area contributed by atoms with Gasteiger partial charge >= 0.3 is 0 Å². The van der Waals surface area contributed by atoms with Crippen LogP contribution in [-0.2, 0) is 0 Å². The Morgan fingerprint density at radius 2 is 1.90 bits per heavy atom. The van der Waals surface area contributed by atoms with Gasteiger partial charge in [-0.25, -0.2) is 0 Å². The van der Waals surface area contributed by atoms with Crippen LogP contribution < -0.4 is 15.0 Å². The molecule has 2 saturated heterocycles. The highest BCUT2D eigenvalue weighted by Crippen LogP contribution is 2.33. The van der Waals surface area contributed by atoms with Crippen molar-refractivity contribution in [3.63, 3.8) is 0 Å². The van der Waals surface area contributed by atoms with Gasteiger partial charge in [-0.2, -0.15) is 0 Å². The topological polar surface area (TPSA) is 24.5 Å². The molecule has 0 radical (unpaired) electrons. The number of methoxy groups -OCH3 is 1. The molecule has 3 heteroatoms. The molecule has 0 amide bonds. The Kier molecular flexibility index (Phi) is 4.16. The summed E-state index contributed by atoms with van der Waals surface area (Å²) < 4.78 is 5.45. The molecule has 2 atom stereocenters. The summed E-state index contributed by atoms with van der Waals surface area (Å²) in [5, 5.41) is 3.72. The molecule has 0 aliphatic carbocycles. The lowest BCUT2D eigenvalue weighted by atomic mass is 9.89. The minimum absolute atomic E-state index is 0.801. The van der Waals surface area contributed by atoms with Crippen LogP contribution in [0.1, 0.15) is 32.1 Å². The fraction of sp³-hybridized carbons (Fsp3) is 0.647. The number of rotatable bonds is 5. The third kappa shape index (κ3) is 2.93. The van der Waals surface area contributed by atoms with Gasteiger partial charge in [0.1, 0.15) is 5.75 Å². The third-order valence-electron chi connectivity index (χ3n) is 4.94. The Labute approximate surface area is 122 Å². The molecule has 3 nitrogen and oxygen atoms in total. The molecule has 2 aliphatic heterocycles. The Bertz CT molecular complexity index is 436. The highest BCUT2D eigenvalue weighted by molar-refractivity contribution is 5.57. The lowest BCUT2D eigenvalue weighted by Gasteiger charge is -2.31. The first-order valence-electron chi connectivity index (χ1n) is 7.86. The second kappa shape index (κ2) is 6.04. The summed E-state index contributed by atoms with van der Waals surface area (Å²) >= 11 is 0. The van der Waals surface area contributed by atoms with E-state index in [0.717, 1.165) is 30.3 Å². The SMILES string of the molecule is COc1ccccc1N(C)CCC1CC2CCC(C1)N2.